The number of carbonyl (C=O) groups is 2. The van der Waals surface area contributed by atoms with Crippen LogP contribution < -0.4 is 5.73 Å². The van der Waals surface area contributed by atoms with E-state index in [9.17, 15) is 9.59 Å². The fraction of sp³-hybridized carbons (Fsp3) is 0.600. The highest BCUT2D eigenvalue weighted by molar-refractivity contribution is 5.82. The van der Waals surface area contributed by atoms with Gasteiger partial charge in [0.2, 0.25) is 11.8 Å². The molecule has 1 aromatic rings. The van der Waals surface area contributed by atoms with E-state index in [0.29, 0.717) is 44.9 Å². The van der Waals surface area contributed by atoms with Gasteiger partial charge in [0, 0.05) is 32.6 Å². The van der Waals surface area contributed by atoms with Crippen molar-refractivity contribution in [2.45, 2.75) is 45.6 Å². The number of benzene rings is 1. The lowest BCUT2D eigenvalue weighted by atomic mass is 10.0. The van der Waals surface area contributed by atoms with Crippen molar-refractivity contribution in [3.63, 3.8) is 0 Å². The molecule has 1 heterocycles. The summed E-state index contributed by atoms with van der Waals surface area (Å²) < 4.78 is 0. The molecule has 0 bridgehead atoms. The summed E-state index contributed by atoms with van der Waals surface area (Å²) in [5, 5.41) is 0. The van der Waals surface area contributed by atoms with Gasteiger partial charge >= 0.3 is 0 Å². The monoisotopic (exact) mass is 345 g/mol. The van der Waals surface area contributed by atoms with Crippen LogP contribution in [0.15, 0.2) is 30.3 Å². The molecule has 0 spiro atoms. The summed E-state index contributed by atoms with van der Waals surface area (Å²) in [6.45, 7) is 6.55. The minimum Gasteiger partial charge on any atom is -0.339 e. The zero-order valence-corrected chi connectivity index (χ0v) is 15.5. The molecule has 2 amide bonds. The molecule has 0 unspecified atom stereocenters. The van der Waals surface area contributed by atoms with Crippen molar-refractivity contribution >= 4 is 11.8 Å². The minimum absolute atomic E-state index is 0.0184. The van der Waals surface area contributed by atoms with Gasteiger partial charge in [0.1, 0.15) is 0 Å². The molecule has 1 atom stereocenters. The summed E-state index contributed by atoms with van der Waals surface area (Å²) in [6, 6.07) is 9.81. The first-order valence-corrected chi connectivity index (χ1v) is 9.33. The number of hydrogen-bond donors (Lipinski definition) is 1. The smallest absolute Gasteiger partial charge is 0.239 e. The maximum Gasteiger partial charge on any atom is 0.239 e. The van der Waals surface area contributed by atoms with Crippen LogP contribution in [0.3, 0.4) is 0 Å². The van der Waals surface area contributed by atoms with Gasteiger partial charge in [-0.05, 0) is 30.7 Å². The number of nitrogens with zero attached hydrogens (tertiary/aromatic N) is 2. The Bertz CT molecular complexity index is 551. The Hall–Kier alpha value is -1.88. The lowest BCUT2D eigenvalue weighted by Gasteiger charge is -2.36. The van der Waals surface area contributed by atoms with Gasteiger partial charge in [-0.1, -0.05) is 44.2 Å². The van der Waals surface area contributed by atoms with Crippen molar-refractivity contribution in [2.24, 2.45) is 11.7 Å². The zero-order valence-electron chi connectivity index (χ0n) is 15.5. The Morgan fingerprint density at radius 1 is 1.04 bits per heavy atom. The van der Waals surface area contributed by atoms with Crippen molar-refractivity contribution in [3.05, 3.63) is 35.9 Å². The number of carbonyl (C=O) groups excluding carboxylic acids is 2. The van der Waals surface area contributed by atoms with Crippen molar-refractivity contribution in [2.75, 3.05) is 26.2 Å². The third kappa shape index (κ3) is 6.16. The summed E-state index contributed by atoms with van der Waals surface area (Å²) in [5.74, 6) is 0.616. The molecule has 5 heteroatoms. The van der Waals surface area contributed by atoms with E-state index in [-0.39, 0.29) is 11.8 Å². The van der Waals surface area contributed by atoms with Crippen LogP contribution in [0.1, 0.15) is 38.7 Å². The van der Waals surface area contributed by atoms with Gasteiger partial charge in [-0.25, -0.2) is 0 Å². The predicted octanol–water partition coefficient (Wildman–Crippen LogP) is 2.05. The standard InChI is InChI=1S/C20H31N3O2/c1-16(2)15-18(21)20(25)23-13-11-22(12-14-23)19(24)10-6-9-17-7-4-3-5-8-17/h3-5,7-8,16,18H,6,9-15,21H2,1-2H3/t18-/m0/s1. The highest BCUT2D eigenvalue weighted by Crippen LogP contribution is 2.11. The number of hydrogen-bond acceptors (Lipinski definition) is 3. The summed E-state index contributed by atoms with van der Waals surface area (Å²) in [5.41, 5.74) is 7.26. The molecule has 2 rings (SSSR count). The maximum absolute atomic E-state index is 12.3. The van der Waals surface area contributed by atoms with Crippen LogP contribution in [0.4, 0.5) is 0 Å². The molecule has 0 aliphatic carbocycles. The zero-order chi connectivity index (χ0) is 18.2. The van der Waals surface area contributed by atoms with Crippen LogP contribution in [0.25, 0.3) is 0 Å². The molecule has 1 aromatic carbocycles. The van der Waals surface area contributed by atoms with Crippen molar-refractivity contribution < 1.29 is 9.59 Å². The Morgan fingerprint density at radius 2 is 1.64 bits per heavy atom. The average Bonchev–Trinajstić information content (AvgIpc) is 2.61. The van der Waals surface area contributed by atoms with Gasteiger partial charge in [-0.2, -0.15) is 0 Å². The molecule has 1 fully saturated rings. The molecule has 2 N–H and O–H groups in total. The molecule has 1 saturated heterocycles. The van der Waals surface area contributed by atoms with Crippen molar-refractivity contribution in [3.8, 4) is 0 Å². The molecule has 0 aromatic heterocycles. The predicted molar refractivity (Wildman–Crippen MR) is 100.0 cm³/mol. The lowest BCUT2D eigenvalue weighted by molar-refractivity contribution is -0.140. The molecule has 0 saturated carbocycles. The molecule has 5 nitrogen and oxygen atoms in total. The second-order valence-electron chi connectivity index (χ2n) is 7.28. The number of aryl methyl sites for hydroxylation is 1. The van der Waals surface area contributed by atoms with E-state index in [4.69, 9.17) is 5.73 Å². The Balaban J connectivity index is 1.70. The van der Waals surface area contributed by atoms with E-state index in [0.717, 1.165) is 12.8 Å². The quantitative estimate of drug-likeness (QED) is 0.822. The Kier molecular flexibility index (Phi) is 7.44. The second kappa shape index (κ2) is 9.56. The first-order valence-electron chi connectivity index (χ1n) is 9.33. The SMILES string of the molecule is CC(C)C[C@H](N)C(=O)N1CCN(C(=O)CCCc2ccccc2)CC1. The lowest BCUT2D eigenvalue weighted by Crippen LogP contribution is -2.54. The van der Waals surface area contributed by atoms with Gasteiger partial charge < -0.3 is 15.5 Å². The molecular weight excluding hydrogens is 314 g/mol. The van der Waals surface area contributed by atoms with Gasteiger partial charge in [0.15, 0.2) is 0 Å². The Morgan fingerprint density at radius 3 is 2.24 bits per heavy atom. The maximum atomic E-state index is 12.3. The largest absolute Gasteiger partial charge is 0.339 e. The highest BCUT2D eigenvalue weighted by atomic mass is 16.2. The topological polar surface area (TPSA) is 66.6 Å². The van der Waals surface area contributed by atoms with Crippen molar-refractivity contribution in [1.29, 1.82) is 0 Å². The first kappa shape index (κ1) is 19.4. The minimum atomic E-state index is -0.423. The van der Waals surface area contributed by atoms with Gasteiger partial charge in [-0.3, -0.25) is 9.59 Å². The molecule has 1 aliphatic rings. The number of nitrogens with two attached hydrogens (primary N) is 1. The molecular formula is C20H31N3O2. The molecule has 0 radical (unpaired) electrons. The summed E-state index contributed by atoms with van der Waals surface area (Å²) in [7, 11) is 0. The molecule has 1 aliphatic heterocycles. The van der Waals surface area contributed by atoms with Crippen LogP contribution in [0.5, 0.6) is 0 Å². The van der Waals surface area contributed by atoms with E-state index in [1.807, 2.05) is 23.1 Å². The third-order valence-electron chi connectivity index (χ3n) is 4.69. The highest BCUT2D eigenvalue weighted by Gasteiger charge is 2.27. The Labute approximate surface area is 151 Å². The first-order chi connectivity index (χ1) is 12.0. The van der Waals surface area contributed by atoms with Gasteiger partial charge in [-0.15, -0.1) is 0 Å². The van der Waals surface area contributed by atoms with Crippen LogP contribution in [0, 0.1) is 5.92 Å². The van der Waals surface area contributed by atoms with Crippen LogP contribution >= 0.6 is 0 Å². The second-order valence-corrected chi connectivity index (χ2v) is 7.28. The van der Waals surface area contributed by atoms with Crippen LogP contribution in [0.2, 0.25) is 0 Å². The van der Waals surface area contributed by atoms with E-state index in [1.165, 1.54) is 5.56 Å². The van der Waals surface area contributed by atoms with E-state index < -0.39 is 6.04 Å². The van der Waals surface area contributed by atoms with Gasteiger partial charge in [0.25, 0.3) is 0 Å². The number of piperazine rings is 1. The summed E-state index contributed by atoms with van der Waals surface area (Å²) >= 11 is 0. The number of amides is 2. The van der Waals surface area contributed by atoms with Gasteiger partial charge in [0.05, 0.1) is 6.04 Å². The molecule has 138 valence electrons. The fourth-order valence-corrected chi connectivity index (χ4v) is 3.27. The summed E-state index contributed by atoms with van der Waals surface area (Å²) in [6.07, 6.45) is 3.06. The van der Waals surface area contributed by atoms with E-state index in [1.54, 1.807) is 4.90 Å². The average molecular weight is 345 g/mol. The van der Waals surface area contributed by atoms with E-state index in [2.05, 4.69) is 26.0 Å². The third-order valence-corrected chi connectivity index (χ3v) is 4.69. The van der Waals surface area contributed by atoms with Crippen LogP contribution in [-0.2, 0) is 16.0 Å². The van der Waals surface area contributed by atoms with E-state index >= 15 is 0 Å². The number of rotatable bonds is 7. The molecule has 25 heavy (non-hydrogen) atoms. The van der Waals surface area contributed by atoms with Crippen molar-refractivity contribution in [1.82, 2.24) is 9.80 Å². The normalized spacial score (nSPS) is 16.2. The van der Waals surface area contributed by atoms with Crippen LogP contribution in [-0.4, -0.2) is 53.8 Å². The summed E-state index contributed by atoms with van der Waals surface area (Å²) in [4.78, 5) is 28.4. The fourth-order valence-electron chi connectivity index (χ4n) is 3.27.